The summed E-state index contributed by atoms with van der Waals surface area (Å²) in [6.45, 7) is 13.5. The Morgan fingerprint density at radius 2 is 2.00 bits per heavy atom. The first-order valence-electron chi connectivity index (χ1n) is 7.46. The Morgan fingerprint density at radius 1 is 1.24 bits per heavy atom. The van der Waals surface area contributed by atoms with Gasteiger partial charge in [-0.1, -0.05) is 6.92 Å². The molecular formula is C14H29N3. The van der Waals surface area contributed by atoms with E-state index in [0.29, 0.717) is 0 Å². The van der Waals surface area contributed by atoms with Crippen LogP contribution in [0.2, 0.25) is 0 Å². The number of hydrogen-bond acceptors (Lipinski definition) is 3. The number of nitrogens with zero attached hydrogens (tertiary/aromatic N) is 2. The van der Waals surface area contributed by atoms with Gasteiger partial charge >= 0.3 is 0 Å². The smallest absolute Gasteiger partial charge is 0.0107 e. The number of piperazine rings is 1. The molecule has 2 fully saturated rings. The fourth-order valence-electron chi connectivity index (χ4n) is 3.16. The van der Waals surface area contributed by atoms with E-state index in [0.717, 1.165) is 12.0 Å². The van der Waals surface area contributed by atoms with Crippen LogP contribution < -0.4 is 5.32 Å². The van der Waals surface area contributed by atoms with Crippen LogP contribution in [-0.4, -0.2) is 61.7 Å². The van der Waals surface area contributed by atoms with Crippen LogP contribution in [-0.2, 0) is 0 Å². The number of likely N-dealkylation sites (tertiary alicyclic amines) is 1. The Labute approximate surface area is 107 Å². The average Bonchev–Trinajstić information content (AvgIpc) is 2.39. The minimum atomic E-state index is 0.779. The molecule has 0 saturated carbocycles. The lowest BCUT2D eigenvalue weighted by Crippen LogP contribution is -2.49. The summed E-state index contributed by atoms with van der Waals surface area (Å²) in [6, 6.07) is 0.779. The maximum absolute atomic E-state index is 3.44. The second-order valence-corrected chi connectivity index (χ2v) is 5.81. The molecule has 2 unspecified atom stereocenters. The molecule has 0 aromatic heterocycles. The van der Waals surface area contributed by atoms with Crippen LogP contribution >= 0.6 is 0 Å². The monoisotopic (exact) mass is 239 g/mol. The van der Waals surface area contributed by atoms with Gasteiger partial charge in [0.05, 0.1) is 0 Å². The predicted octanol–water partition coefficient (Wildman–Crippen LogP) is 1.40. The first-order chi connectivity index (χ1) is 8.29. The topological polar surface area (TPSA) is 18.5 Å². The molecule has 2 saturated heterocycles. The maximum atomic E-state index is 3.44. The molecule has 0 bridgehead atoms. The normalized spacial score (nSPS) is 30.4. The SMILES string of the molecule is CCC(C)N1CCCC(CN2CCNCC2)C1. The number of nitrogens with one attached hydrogen (secondary N) is 1. The molecule has 100 valence electrons. The third kappa shape index (κ3) is 3.94. The van der Waals surface area contributed by atoms with Gasteiger partial charge in [-0.2, -0.15) is 0 Å². The van der Waals surface area contributed by atoms with Crippen molar-refractivity contribution in [2.24, 2.45) is 5.92 Å². The van der Waals surface area contributed by atoms with Crippen molar-refractivity contribution in [1.82, 2.24) is 15.1 Å². The molecule has 2 aliphatic rings. The molecule has 2 aliphatic heterocycles. The highest BCUT2D eigenvalue weighted by Gasteiger charge is 2.24. The average molecular weight is 239 g/mol. The summed E-state index contributed by atoms with van der Waals surface area (Å²) >= 11 is 0. The van der Waals surface area contributed by atoms with Gasteiger partial charge in [-0.05, 0) is 38.6 Å². The van der Waals surface area contributed by atoms with Crippen LogP contribution in [0.5, 0.6) is 0 Å². The van der Waals surface area contributed by atoms with E-state index in [1.165, 1.54) is 65.1 Å². The fourth-order valence-corrected chi connectivity index (χ4v) is 3.16. The molecule has 3 heteroatoms. The molecule has 0 spiro atoms. The Hall–Kier alpha value is -0.120. The summed E-state index contributed by atoms with van der Waals surface area (Å²) in [5.74, 6) is 0.913. The first-order valence-corrected chi connectivity index (χ1v) is 7.46. The van der Waals surface area contributed by atoms with Crippen LogP contribution in [0, 0.1) is 5.92 Å². The molecule has 2 rings (SSSR count). The van der Waals surface area contributed by atoms with Crippen molar-refractivity contribution in [2.75, 3.05) is 45.8 Å². The predicted molar refractivity (Wildman–Crippen MR) is 73.4 cm³/mol. The third-order valence-electron chi connectivity index (χ3n) is 4.49. The molecule has 2 atom stereocenters. The highest BCUT2D eigenvalue weighted by atomic mass is 15.2. The van der Waals surface area contributed by atoms with E-state index >= 15 is 0 Å². The molecule has 2 heterocycles. The van der Waals surface area contributed by atoms with Crippen LogP contribution in [0.1, 0.15) is 33.1 Å². The number of piperidine rings is 1. The third-order valence-corrected chi connectivity index (χ3v) is 4.49. The summed E-state index contributed by atoms with van der Waals surface area (Å²) in [5.41, 5.74) is 0. The zero-order chi connectivity index (χ0) is 12.1. The van der Waals surface area contributed by atoms with E-state index in [-0.39, 0.29) is 0 Å². The van der Waals surface area contributed by atoms with E-state index in [4.69, 9.17) is 0 Å². The minimum Gasteiger partial charge on any atom is -0.314 e. The van der Waals surface area contributed by atoms with E-state index in [9.17, 15) is 0 Å². The molecule has 17 heavy (non-hydrogen) atoms. The molecular weight excluding hydrogens is 210 g/mol. The highest BCUT2D eigenvalue weighted by molar-refractivity contribution is 4.80. The van der Waals surface area contributed by atoms with E-state index < -0.39 is 0 Å². The maximum Gasteiger partial charge on any atom is 0.0107 e. The van der Waals surface area contributed by atoms with Crippen molar-refractivity contribution in [3.63, 3.8) is 0 Å². The number of rotatable bonds is 4. The van der Waals surface area contributed by atoms with Crippen molar-refractivity contribution in [3.05, 3.63) is 0 Å². The molecule has 0 aromatic rings. The van der Waals surface area contributed by atoms with Crippen LogP contribution in [0.15, 0.2) is 0 Å². The largest absolute Gasteiger partial charge is 0.314 e. The van der Waals surface area contributed by atoms with Crippen molar-refractivity contribution in [3.8, 4) is 0 Å². The van der Waals surface area contributed by atoms with Gasteiger partial charge in [0, 0.05) is 45.3 Å². The molecule has 0 amide bonds. The van der Waals surface area contributed by atoms with Crippen molar-refractivity contribution in [1.29, 1.82) is 0 Å². The van der Waals surface area contributed by atoms with E-state index in [1.807, 2.05) is 0 Å². The van der Waals surface area contributed by atoms with Crippen LogP contribution in [0.3, 0.4) is 0 Å². The molecule has 0 aromatic carbocycles. The lowest BCUT2D eigenvalue weighted by Gasteiger charge is -2.39. The summed E-state index contributed by atoms with van der Waals surface area (Å²) in [6.07, 6.45) is 4.14. The minimum absolute atomic E-state index is 0.779. The second kappa shape index (κ2) is 6.72. The van der Waals surface area contributed by atoms with Crippen molar-refractivity contribution < 1.29 is 0 Å². The highest BCUT2D eigenvalue weighted by Crippen LogP contribution is 2.20. The van der Waals surface area contributed by atoms with Gasteiger partial charge in [0.15, 0.2) is 0 Å². The van der Waals surface area contributed by atoms with E-state index in [2.05, 4.69) is 29.0 Å². The van der Waals surface area contributed by atoms with Gasteiger partial charge < -0.3 is 15.1 Å². The van der Waals surface area contributed by atoms with Gasteiger partial charge in [0.25, 0.3) is 0 Å². The van der Waals surface area contributed by atoms with Crippen LogP contribution in [0.25, 0.3) is 0 Å². The lowest BCUT2D eigenvalue weighted by atomic mass is 9.95. The molecule has 0 radical (unpaired) electrons. The first kappa shape index (κ1) is 13.3. The van der Waals surface area contributed by atoms with Crippen molar-refractivity contribution >= 4 is 0 Å². The Kier molecular flexibility index (Phi) is 5.26. The van der Waals surface area contributed by atoms with Gasteiger partial charge in [-0.25, -0.2) is 0 Å². The van der Waals surface area contributed by atoms with Crippen molar-refractivity contribution in [2.45, 2.75) is 39.2 Å². The van der Waals surface area contributed by atoms with Gasteiger partial charge in [0.2, 0.25) is 0 Å². The van der Waals surface area contributed by atoms with Gasteiger partial charge in [0.1, 0.15) is 0 Å². The number of hydrogen-bond donors (Lipinski definition) is 1. The molecule has 3 nitrogen and oxygen atoms in total. The summed E-state index contributed by atoms with van der Waals surface area (Å²) in [4.78, 5) is 5.36. The Bertz CT molecular complexity index is 212. The molecule has 0 aliphatic carbocycles. The lowest BCUT2D eigenvalue weighted by molar-refractivity contribution is 0.0982. The standard InChI is InChI=1S/C14H29N3/c1-3-13(2)17-8-4-5-14(12-17)11-16-9-6-15-7-10-16/h13-15H,3-12H2,1-2H3. The van der Waals surface area contributed by atoms with Gasteiger partial charge in [-0.3, -0.25) is 0 Å². The summed E-state index contributed by atoms with van der Waals surface area (Å²) in [5, 5.41) is 3.44. The quantitative estimate of drug-likeness (QED) is 0.800. The molecule has 1 N–H and O–H groups in total. The van der Waals surface area contributed by atoms with Gasteiger partial charge in [-0.15, -0.1) is 0 Å². The van der Waals surface area contributed by atoms with Crippen LogP contribution in [0.4, 0.5) is 0 Å². The second-order valence-electron chi connectivity index (χ2n) is 5.81. The summed E-state index contributed by atoms with van der Waals surface area (Å²) < 4.78 is 0. The summed E-state index contributed by atoms with van der Waals surface area (Å²) in [7, 11) is 0. The zero-order valence-corrected chi connectivity index (χ0v) is 11.6. The Morgan fingerprint density at radius 3 is 2.71 bits per heavy atom. The zero-order valence-electron chi connectivity index (χ0n) is 11.6. The fraction of sp³-hybridized carbons (Fsp3) is 1.00. The Balaban J connectivity index is 1.76. The van der Waals surface area contributed by atoms with E-state index in [1.54, 1.807) is 0 Å².